The molecular formula is C20H15ClN2OS2. The first-order valence-corrected chi connectivity index (χ1v) is 10.5. The monoisotopic (exact) mass is 398 g/mol. The van der Waals surface area contributed by atoms with E-state index in [2.05, 4.69) is 4.98 Å². The normalized spacial score (nSPS) is 11.1. The van der Waals surface area contributed by atoms with Gasteiger partial charge in [-0.05, 0) is 23.3 Å². The van der Waals surface area contributed by atoms with Crippen molar-refractivity contribution in [1.29, 1.82) is 0 Å². The minimum Gasteiger partial charge on any atom is -0.269 e. The van der Waals surface area contributed by atoms with Gasteiger partial charge in [-0.25, -0.2) is 4.98 Å². The molecule has 0 bridgehead atoms. The van der Waals surface area contributed by atoms with E-state index in [0.717, 1.165) is 32.7 Å². The van der Waals surface area contributed by atoms with Gasteiger partial charge in [-0.15, -0.1) is 11.3 Å². The number of thiazole rings is 1. The minimum absolute atomic E-state index is 0.0304. The largest absolute Gasteiger partial charge is 0.269 e. The van der Waals surface area contributed by atoms with Crippen LogP contribution in [0.15, 0.2) is 70.8 Å². The second-order valence-corrected chi connectivity index (χ2v) is 8.07. The van der Waals surface area contributed by atoms with Crippen LogP contribution in [0, 0.1) is 0 Å². The third-order valence-corrected chi connectivity index (χ3v) is 6.07. The highest BCUT2D eigenvalue weighted by atomic mass is 35.5. The van der Waals surface area contributed by atoms with Gasteiger partial charge in [0.25, 0.3) is 5.56 Å². The Morgan fingerprint density at radius 3 is 2.58 bits per heavy atom. The smallest absolute Gasteiger partial charge is 0.259 e. The summed E-state index contributed by atoms with van der Waals surface area (Å²) >= 11 is 9.14. The molecule has 0 aliphatic carbocycles. The Morgan fingerprint density at radius 2 is 1.81 bits per heavy atom. The topological polar surface area (TPSA) is 34.4 Å². The van der Waals surface area contributed by atoms with Crippen LogP contribution in [0.5, 0.6) is 0 Å². The van der Waals surface area contributed by atoms with Gasteiger partial charge in [0.2, 0.25) is 0 Å². The number of benzene rings is 2. The molecule has 6 heteroatoms. The van der Waals surface area contributed by atoms with Crippen LogP contribution >= 0.6 is 34.7 Å². The van der Waals surface area contributed by atoms with Crippen molar-refractivity contribution in [3.8, 4) is 11.3 Å². The van der Waals surface area contributed by atoms with Gasteiger partial charge in [-0.3, -0.25) is 9.20 Å². The molecule has 0 radical (unpaired) electrons. The van der Waals surface area contributed by atoms with Crippen LogP contribution < -0.4 is 5.56 Å². The summed E-state index contributed by atoms with van der Waals surface area (Å²) in [5, 5.41) is 2.73. The Bertz CT molecular complexity index is 1090. The maximum absolute atomic E-state index is 12.6. The summed E-state index contributed by atoms with van der Waals surface area (Å²) in [7, 11) is 0. The van der Waals surface area contributed by atoms with E-state index in [1.807, 2.05) is 60.0 Å². The first-order chi connectivity index (χ1) is 12.7. The van der Waals surface area contributed by atoms with E-state index in [0.29, 0.717) is 5.75 Å². The number of rotatable bonds is 5. The molecule has 0 saturated heterocycles. The summed E-state index contributed by atoms with van der Waals surface area (Å²) in [6.45, 7) is 0. The van der Waals surface area contributed by atoms with E-state index in [9.17, 15) is 4.79 Å². The van der Waals surface area contributed by atoms with Crippen LogP contribution in [0.3, 0.4) is 0 Å². The van der Waals surface area contributed by atoms with E-state index in [1.54, 1.807) is 22.2 Å². The van der Waals surface area contributed by atoms with Crippen LogP contribution in [0.1, 0.15) is 11.3 Å². The highest BCUT2D eigenvalue weighted by Gasteiger charge is 2.10. The summed E-state index contributed by atoms with van der Waals surface area (Å²) < 4.78 is 1.69. The van der Waals surface area contributed by atoms with Crippen molar-refractivity contribution in [1.82, 2.24) is 9.38 Å². The second kappa shape index (κ2) is 7.66. The number of aromatic nitrogens is 2. The van der Waals surface area contributed by atoms with E-state index in [4.69, 9.17) is 11.6 Å². The van der Waals surface area contributed by atoms with Crippen molar-refractivity contribution in [2.45, 2.75) is 11.5 Å². The third-order valence-electron chi connectivity index (χ3n) is 3.96. The molecule has 0 unspecified atom stereocenters. The molecule has 26 heavy (non-hydrogen) atoms. The molecule has 3 nitrogen and oxygen atoms in total. The van der Waals surface area contributed by atoms with Gasteiger partial charge in [-0.2, -0.15) is 11.8 Å². The number of hydrogen-bond donors (Lipinski definition) is 0. The molecule has 0 spiro atoms. The number of nitrogens with zero attached hydrogens (tertiary/aromatic N) is 2. The van der Waals surface area contributed by atoms with Gasteiger partial charge >= 0.3 is 0 Å². The number of hydrogen-bond acceptors (Lipinski definition) is 4. The quantitative estimate of drug-likeness (QED) is 0.444. The zero-order chi connectivity index (χ0) is 17.9. The average molecular weight is 399 g/mol. The van der Waals surface area contributed by atoms with E-state index in [1.165, 1.54) is 16.9 Å². The van der Waals surface area contributed by atoms with Gasteiger partial charge < -0.3 is 0 Å². The van der Waals surface area contributed by atoms with E-state index in [-0.39, 0.29) is 5.56 Å². The number of halogens is 1. The third kappa shape index (κ3) is 3.70. The molecule has 0 atom stereocenters. The molecule has 2 heterocycles. The molecule has 4 aromatic rings. The highest BCUT2D eigenvalue weighted by Crippen LogP contribution is 2.24. The number of fused-ring (bicyclic) bond motifs is 1. The first kappa shape index (κ1) is 17.3. The summed E-state index contributed by atoms with van der Waals surface area (Å²) in [6, 6.07) is 19.4. The van der Waals surface area contributed by atoms with Crippen molar-refractivity contribution in [3.63, 3.8) is 0 Å². The fourth-order valence-electron chi connectivity index (χ4n) is 2.70. The van der Waals surface area contributed by atoms with Crippen molar-refractivity contribution in [2.24, 2.45) is 0 Å². The molecule has 0 N–H and O–H groups in total. The van der Waals surface area contributed by atoms with Gasteiger partial charge in [0.1, 0.15) is 0 Å². The highest BCUT2D eigenvalue weighted by molar-refractivity contribution is 7.97. The van der Waals surface area contributed by atoms with Crippen molar-refractivity contribution in [2.75, 3.05) is 0 Å². The first-order valence-electron chi connectivity index (χ1n) is 8.08. The average Bonchev–Trinajstić information content (AvgIpc) is 3.09. The van der Waals surface area contributed by atoms with Gasteiger partial charge in [0.15, 0.2) is 4.96 Å². The molecule has 0 amide bonds. The lowest BCUT2D eigenvalue weighted by Gasteiger charge is -2.04. The van der Waals surface area contributed by atoms with Crippen LogP contribution in [0.25, 0.3) is 16.2 Å². The predicted molar refractivity (Wildman–Crippen MR) is 111 cm³/mol. The van der Waals surface area contributed by atoms with Crippen LogP contribution in [0.2, 0.25) is 5.02 Å². The molecule has 2 aromatic heterocycles. The Hall–Kier alpha value is -2.08. The molecule has 0 saturated carbocycles. The van der Waals surface area contributed by atoms with Crippen molar-refractivity contribution < 1.29 is 0 Å². The van der Waals surface area contributed by atoms with Gasteiger partial charge in [-0.1, -0.05) is 54.1 Å². The number of thioether (sulfide) groups is 1. The lowest BCUT2D eigenvalue weighted by atomic mass is 10.2. The van der Waals surface area contributed by atoms with Gasteiger partial charge in [0, 0.05) is 28.0 Å². The molecule has 0 fully saturated rings. The van der Waals surface area contributed by atoms with E-state index >= 15 is 0 Å². The lowest BCUT2D eigenvalue weighted by Crippen LogP contribution is -2.14. The van der Waals surface area contributed by atoms with Crippen LogP contribution in [0.4, 0.5) is 0 Å². The molecule has 2 aromatic carbocycles. The fourth-order valence-corrected chi connectivity index (χ4v) is 4.64. The Morgan fingerprint density at radius 1 is 1.04 bits per heavy atom. The Kier molecular flexibility index (Phi) is 5.11. The minimum atomic E-state index is -0.0304. The molecule has 130 valence electrons. The summed E-state index contributed by atoms with van der Waals surface area (Å²) in [6.07, 6.45) is 0. The molecule has 0 aliphatic heterocycles. The lowest BCUT2D eigenvalue weighted by molar-refractivity contribution is 1.04. The molecular weight excluding hydrogens is 384 g/mol. The summed E-state index contributed by atoms with van der Waals surface area (Å²) in [4.78, 5) is 18.0. The Labute approximate surface area is 164 Å². The van der Waals surface area contributed by atoms with Crippen molar-refractivity contribution in [3.05, 3.63) is 92.7 Å². The second-order valence-electron chi connectivity index (χ2n) is 5.81. The SMILES string of the molecule is O=c1cc(CSCc2ccc(Cl)cc2)nc2scc(-c3ccccc3)n12. The van der Waals surface area contributed by atoms with Crippen LogP contribution in [-0.4, -0.2) is 9.38 Å². The van der Waals surface area contributed by atoms with Crippen molar-refractivity contribution >= 4 is 39.7 Å². The maximum atomic E-state index is 12.6. The fraction of sp³-hybridized carbons (Fsp3) is 0.100. The van der Waals surface area contributed by atoms with Crippen LogP contribution in [-0.2, 0) is 11.5 Å². The zero-order valence-corrected chi connectivity index (χ0v) is 16.2. The zero-order valence-electron chi connectivity index (χ0n) is 13.8. The summed E-state index contributed by atoms with van der Waals surface area (Å²) in [5.74, 6) is 1.56. The standard InChI is InChI=1S/C20H15ClN2OS2/c21-16-8-6-14(7-9-16)11-25-12-17-10-19(24)23-18(13-26-20(23)22-17)15-4-2-1-3-5-15/h1-10,13H,11-12H2. The molecule has 0 aliphatic rings. The predicted octanol–water partition coefficient (Wildman–Crippen LogP) is 5.51. The molecule has 4 rings (SSSR count). The van der Waals surface area contributed by atoms with Gasteiger partial charge in [0.05, 0.1) is 11.4 Å². The Balaban J connectivity index is 1.54. The maximum Gasteiger partial charge on any atom is 0.259 e. The summed E-state index contributed by atoms with van der Waals surface area (Å²) in [5.41, 5.74) is 3.91. The van der Waals surface area contributed by atoms with E-state index < -0.39 is 0 Å².